The number of ether oxygens (including phenoxy) is 1. The average molecular weight is 390 g/mol. The Hall–Kier alpha value is -2.57. The molecule has 0 radical (unpaired) electrons. The van der Waals surface area contributed by atoms with E-state index in [4.69, 9.17) is 4.74 Å². The van der Waals surface area contributed by atoms with Crippen LogP contribution in [0.25, 0.3) is 0 Å². The van der Waals surface area contributed by atoms with Crippen molar-refractivity contribution in [3.63, 3.8) is 0 Å². The van der Waals surface area contributed by atoms with Crippen molar-refractivity contribution in [2.45, 2.75) is 70.6 Å². The quantitative estimate of drug-likeness (QED) is 0.665. The van der Waals surface area contributed by atoms with E-state index in [1.165, 1.54) is 4.90 Å². The average Bonchev–Trinajstić information content (AvgIpc) is 2.56. The Morgan fingerprint density at radius 2 is 1.93 bits per heavy atom. The van der Waals surface area contributed by atoms with Crippen molar-refractivity contribution in [2.24, 2.45) is 0 Å². The maximum absolute atomic E-state index is 12.1. The maximum Gasteiger partial charge on any atom is 0.407 e. The normalized spacial score (nSPS) is 20.3. The second kappa shape index (κ2) is 8.63. The third-order valence-electron chi connectivity index (χ3n) is 4.78. The van der Waals surface area contributed by atoms with Crippen molar-refractivity contribution in [1.29, 1.82) is 0 Å². The molecule has 2 N–H and O–H groups in total. The van der Waals surface area contributed by atoms with Gasteiger partial charge in [0, 0.05) is 19.0 Å². The summed E-state index contributed by atoms with van der Waals surface area (Å²) in [7, 11) is 0. The van der Waals surface area contributed by atoms with Crippen LogP contribution in [0.5, 0.6) is 0 Å². The van der Waals surface area contributed by atoms with Gasteiger partial charge < -0.3 is 20.1 Å². The lowest BCUT2D eigenvalue weighted by Crippen LogP contribution is -2.69. The zero-order valence-electron chi connectivity index (χ0n) is 17.0. The van der Waals surface area contributed by atoms with E-state index in [2.05, 4.69) is 5.32 Å². The van der Waals surface area contributed by atoms with Crippen LogP contribution in [-0.2, 0) is 20.7 Å². The number of rotatable bonds is 8. The van der Waals surface area contributed by atoms with Crippen molar-refractivity contribution in [1.82, 2.24) is 10.2 Å². The Bertz CT molecular complexity index is 713. The van der Waals surface area contributed by atoms with Crippen LogP contribution >= 0.6 is 0 Å². The molecule has 28 heavy (non-hydrogen) atoms. The summed E-state index contributed by atoms with van der Waals surface area (Å²) in [5.41, 5.74) is -0.852. The van der Waals surface area contributed by atoms with Gasteiger partial charge in [-0.15, -0.1) is 0 Å². The van der Waals surface area contributed by atoms with Crippen molar-refractivity contribution in [3.05, 3.63) is 35.9 Å². The van der Waals surface area contributed by atoms with Crippen molar-refractivity contribution >= 4 is 18.0 Å². The van der Waals surface area contributed by atoms with Gasteiger partial charge in [-0.2, -0.15) is 0 Å². The zero-order valence-corrected chi connectivity index (χ0v) is 17.0. The van der Waals surface area contributed by atoms with Crippen LogP contribution in [0.1, 0.15) is 52.5 Å². The van der Waals surface area contributed by atoms with E-state index in [1.54, 1.807) is 20.8 Å². The van der Waals surface area contributed by atoms with E-state index in [-0.39, 0.29) is 18.4 Å². The lowest BCUT2D eigenvalue weighted by atomic mass is 9.78. The van der Waals surface area contributed by atoms with Crippen LogP contribution in [-0.4, -0.2) is 51.7 Å². The predicted octanol–water partition coefficient (Wildman–Crippen LogP) is 2.98. The van der Waals surface area contributed by atoms with E-state index in [0.29, 0.717) is 25.8 Å². The molecule has 1 unspecified atom stereocenters. The summed E-state index contributed by atoms with van der Waals surface area (Å²) in [5.74, 6) is -1.12. The molecule has 1 saturated heterocycles. The molecule has 0 bridgehead atoms. The summed E-state index contributed by atoms with van der Waals surface area (Å²) in [6.07, 6.45) is 1.03. The maximum atomic E-state index is 12.1. The van der Waals surface area contributed by atoms with Gasteiger partial charge in [0.15, 0.2) is 5.54 Å². The highest BCUT2D eigenvalue weighted by molar-refractivity contribution is 5.98. The lowest BCUT2D eigenvalue weighted by molar-refractivity contribution is -0.176. The molecule has 7 nitrogen and oxygen atoms in total. The van der Waals surface area contributed by atoms with E-state index in [9.17, 15) is 19.5 Å². The van der Waals surface area contributed by atoms with Gasteiger partial charge in [0.2, 0.25) is 5.91 Å². The Balaban J connectivity index is 1.90. The second-order valence-corrected chi connectivity index (χ2v) is 8.41. The third-order valence-corrected chi connectivity index (χ3v) is 4.78. The van der Waals surface area contributed by atoms with E-state index >= 15 is 0 Å². The topological polar surface area (TPSA) is 95.9 Å². The molecule has 0 saturated carbocycles. The van der Waals surface area contributed by atoms with Gasteiger partial charge in [0.25, 0.3) is 0 Å². The number of benzene rings is 1. The van der Waals surface area contributed by atoms with Gasteiger partial charge in [-0.05, 0) is 46.1 Å². The molecule has 2 amide bonds. The molecular weight excluding hydrogens is 360 g/mol. The smallest absolute Gasteiger partial charge is 0.407 e. The van der Waals surface area contributed by atoms with Crippen LogP contribution in [0.15, 0.2) is 30.3 Å². The summed E-state index contributed by atoms with van der Waals surface area (Å²) >= 11 is 0. The largest absolute Gasteiger partial charge is 0.479 e. The summed E-state index contributed by atoms with van der Waals surface area (Å²) in [6, 6.07) is 9.20. The number of β-lactam (4-membered cyclic amide) rings is 1. The molecule has 0 aromatic heterocycles. The predicted molar refractivity (Wildman–Crippen MR) is 105 cm³/mol. The number of hydrogen-bond donors (Lipinski definition) is 2. The molecule has 1 aliphatic rings. The molecular formula is C21H30N2O5. The fourth-order valence-corrected chi connectivity index (χ4v) is 3.42. The Labute approximate surface area is 166 Å². The number of carbonyl (C=O) groups is 3. The fourth-order valence-electron chi connectivity index (χ4n) is 3.42. The zero-order chi connectivity index (χ0) is 20.9. The first-order chi connectivity index (χ1) is 13.0. The van der Waals surface area contributed by atoms with Crippen LogP contribution in [0, 0.1) is 0 Å². The number of nitrogens with one attached hydrogen (secondary N) is 1. The van der Waals surface area contributed by atoms with Gasteiger partial charge in [0.05, 0.1) is 6.42 Å². The van der Waals surface area contributed by atoms with Crippen molar-refractivity contribution < 1.29 is 24.2 Å². The number of aliphatic carboxylic acids is 1. The molecule has 1 aliphatic heterocycles. The van der Waals surface area contributed by atoms with Crippen LogP contribution in [0.2, 0.25) is 0 Å². The monoisotopic (exact) mass is 390 g/mol. The summed E-state index contributed by atoms with van der Waals surface area (Å²) in [5, 5.41) is 12.6. The molecule has 154 valence electrons. The molecule has 2 atom stereocenters. The molecule has 1 fully saturated rings. The fraction of sp³-hybridized carbons (Fsp3) is 0.571. The molecule has 7 heteroatoms. The summed E-state index contributed by atoms with van der Waals surface area (Å²) in [4.78, 5) is 37.4. The first-order valence-electron chi connectivity index (χ1n) is 9.61. The summed E-state index contributed by atoms with van der Waals surface area (Å²) < 4.78 is 5.22. The van der Waals surface area contributed by atoms with Gasteiger partial charge in [0.1, 0.15) is 5.60 Å². The highest BCUT2D eigenvalue weighted by atomic mass is 16.6. The van der Waals surface area contributed by atoms with Crippen molar-refractivity contribution in [2.75, 3.05) is 6.54 Å². The molecule has 1 aromatic rings. The standard InChI is InChI=1S/C21H30N2O5/c1-15(22-19(27)28-20(2,3)4)9-8-12-23-17(24)14-21(23,18(25)26)13-16-10-6-5-7-11-16/h5-7,10-11,15H,8-9,12-14H2,1-4H3,(H,22,27)(H,25,26)/t15-,21?/m1/s1. The number of nitrogens with zero attached hydrogens (tertiary/aromatic N) is 1. The van der Waals surface area contributed by atoms with E-state index < -0.39 is 23.2 Å². The number of carboxylic acid groups (broad SMARTS) is 1. The van der Waals surface area contributed by atoms with E-state index in [1.807, 2.05) is 37.3 Å². The third kappa shape index (κ3) is 5.47. The Morgan fingerprint density at radius 3 is 2.46 bits per heavy atom. The first-order valence-corrected chi connectivity index (χ1v) is 9.61. The number of hydrogen-bond acceptors (Lipinski definition) is 4. The first kappa shape index (κ1) is 21.7. The summed E-state index contributed by atoms with van der Waals surface area (Å²) in [6.45, 7) is 7.59. The number of carbonyl (C=O) groups excluding carboxylic acids is 2. The number of carboxylic acids is 1. The van der Waals surface area contributed by atoms with Crippen molar-refractivity contribution in [3.8, 4) is 0 Å². The van der Waals surface area contributed by atoms with Gasteiger partial charge >= 0.3 is 12.1 Å². The van der Waals surface area contributed by atoms with Gasteiger partial charge in [-0.3, -0.25) is 4.79 Å². The second-order valence-electron chi connectivity index (χ2n) is 8.41. The number of amides is 2. The molecule has 0 spiro atoms. The highest BCUT2D eigenvalue weighted by Crippen LogP contribution is 2.36. The van der Waals surface area contributed by atoms with Gasteiger partial charge in [-0.25, -0.2) is 9.59 Å². The minimum atomic E-state index is -1.18. The molecule has 0 aliphatic carbocycles. The minimum Gasteiger partial charge on any atom is -0.479 e. The van der Waals surface area contributed by atoms with E-state index in [0.717, 1.165) is 5.56 Å². The van der Waals surface area contributed by atoms with Crippen LogP contribution in [0.4, 0.5) is 4.79 Å². The lowest BCUT2D eigenvalue weighted by Gasteiger charge is -2.49. The highest BCUT2D eigenvalue weighted by Gasteiger charge is 2.56. The Kier molecular flexibility index (Phi) is 6.69. The minimum absolute atomic E-state index is 0.0168. The molecule has 1 aromatic carbocycles. The van der Waals surface area contributed by atoms with Crippen LogP contribution < -0.4 is 5.32 Å². The molecule has 2 rings (SSSR count). The molecule has 1 heterocycles. The van der Waals surface area contributed by atoms with Gasteiger partial charge in [-0.1, -0.05) is 30.3 Å². The van der Waals surface area contributed by atoms with Crippen LogP contribution in [0.3, 0.4) is 0 Å². The SMILES string of the molecule is C[C@H](CCCN1C(=O)CC1(Cc1ccccc1)C(=O)O)NC(=O)OC(C)(C)C. The number of alkyl carbamates (subject to hydrolysis) is 1. The number of likely N-dealkylation sites (tertiary alicyclic amines) is 1. The Morgan fingerprint density at radius 1 is 1.29 bits per heavy atom.